The Kier molecular flexibility index (Phi) is 33.3. The van der Waals surface area contributed by atoms with Gasteiger partial charge < -0.3 is 27.9 Å². The normalized spacial score (nSPS) is 13.9. The standard InChI is InChI=1S/C41H78NO8P/c1-6-8-10-12-14-16-18-19-20-21-22-23-24-26-28-30-32-34-41(44)50-39(38-49-51(45,46)48-36-35-42(3,4)5)37-47-40(43)33-31-29-27-25-17-15-13-11-9-7-2/h11,13,19-20,39H,6-10,12,14-18,21-38H2,1-5H3/b13-11-,20-19-. The summed E-state index contributed by atoms with van der Waals surface area (Å²) < 4.78 is 33.8. The molecule has 2 unspecified atom stereocenters. The van der Waals surface area contributed by atoms with Gasteiger partial charge in [-0.25, -0.2) is 0 Å². The minimum absolute atomic E-state index is 0.0321. The number of nitrogens with zero attached hydrogens (tertiary/aromatic N) is 1. The number of rotatable bonds is 37. The highest BCUT2D eigenvalue weighted by atomic mass is 31.2. The van der Waals surface area contributed by atoms with E-state index in [4.69, 9.17) is 18.5 Å². The number of likely N-dealkylation sites (N-methyl/N-ethyl adjacent to an activating group) is 1. The van der Waals surface area contributed by atoms with Crippen LogP contribution in [0.5, 0.6) is 0 Å². The molecule has 0 saturated heterocycles. The lowest BCUT2D eigenvalue weighted by Gasteiger charge is -2.28. The summed E-state index contributed by atoms with van der Waals surface area (Å²) in [6.07, 6.45) is 34.9. The minimum atomic E-state index is -4.62. The molecule has 9 nitrogen and oxygen atoms in total. The van der Waals surface area contributed by atoms with Crippen molar-refractivity contribution in [2.24, 2.45) is 0 Å². The SMILES string of the molecule is CCC/C=C\CCCCCCCC(=O)OCC(COP(=O)([O-])OCC[N+](C)(C)C)OC(=O)CCCCCCCCC/C=C\CCCCCCCC. The van der Waals surface area contributed by atoms with Crippen LogP contribution in [0.2, 0.25) is 0 Å². The zero-order chi connectivity index (χ0) is 37.9. The van der Waals surface area contributed by atoms with Crippen LogP contribution in [-0.2, 0) is 32.7 Å². The van der Waals surface area contributed by atoms with Gasteiger partial charge in [0.2, 0.25) is 0 Å². The second kappa shape index (κ2) is 34.3. The molecule has 0 spiro atoms. The Morgan fingerprint density at radius 2 is 1.04 bits per heavy atom. The molecular formula is C41H78NO8P. The molecule has 0 aliphatic rings. The average molecular weight is 744 g/mol. The monoisotopic (exact) mass is 744 g/mol. The van der Waals surface area contributed by atoms with Crippen LogP contribution in [0.25, 0.3) is 0 Å². The van der Waals surface area contributed by atoms with Gasteiger partial charge in [-0.05, 0) is 57.8 Å². The Morgan fingerprint density at radius 3 is 1.53 bits per heavy atom. The fourth-order valence-electron chi connectivity index (χ4n) is 5.42. The highest BCUT2D eigenvalue weighted by Crippen LogP contribution is 2.38. The lowest BCUT2D eigenvalue weighted by atomic mass is 10.1. The van der Waals surface area contributed by atoms with E-state index in [9.17, 15) is 19.0 Å². The number of hydrogen-bond donors (Lipinski definition) is 0. The molecule has 0 heterocycles. The van der Waals surface area contributed by atoms with E-state index in [2.05, 4.69) is 38.2 Å². The summed E-state index contributed by atoms with van der Waals surface area (Å²) >= 11 is 0. The Balaban J connectivity index is 4.37. The van der Waals surface area contributed by atoms with Gasteiger partial charge >= 0.3 is 11.9 Å². The van der Waals surface area contributed by atoms with Crippen LogP contribution >= 0.6 is 7.82 Å². The zero-order valence-electron chi connectivity index (χ0n) is 33.6. The molecule has 0 aromatic heterocycles. The number of carbonyl (C=O) groups excluding carboxylic acids is 2. The molecule has 0 rings (SSSR count). The maximum absolute atomic E-state index is 12.6. The van der Waals surface area contributed by atoms with Crippen LogP contribution in [-0.4, -0.2) is 70.0 Å². The van der Waals surface area contributed by atoms with Gasteiger partial charge in [-0.2, -0.15) is 0 Å². The van der Waals surface area contributed by atoms with Gasteiger partial charge in [0.05, 0.1) is 27.7 Å². The van der Waals surface area contributed by atoms with Crippen LogP contribution in [0.15, 0.2) is 24.3 Å². The summed E-state index contributed by atoms with van der Waals surface area (Å²) in [7, 11) is 1.16. The van der Waals surface area contributed by atoms with Gasteiger partial charge in [-0.3, -0.25) is 14.2 Å². The smallest absolute Gasteiger partial charge is 0.306 e. The highest BCUT2D eigenvalue weighted by molar-refractivity contribution is 7.45. The zero-order valence-corrected chi connectivity index (χ0v) is 34.4. The second-order valence-corrected chi connectivity index (χ2v) is 16.4. The highest BCUT2D eigenvalue weighted by Gasteiger charge is 2.21. The van der Waals surface area contributed by atoms with Gasteiger partial charge in [0.25, 0.3) is 7.82 Å². The summed E-state index contributed by atoms with van der Waals surface area (Å²) in [5.74, 6) is -0.851. The molecule has 51 heavy (non-hydrogen) atoms. The fraction of sp³-hybridized carbons (Fsp3) is 0.854. The number of ether oxygens (including phenoxy) is 2. The lowest BCUT2D eigenvalue weighted by Crippen LogP contribution is -2.37. The Hall–Kier alpha value is -1.51. The van der Waals surface area contributed by atoms with E-state index >= 15 is 0 Å². The van der Waals surface area contributed by atoms with Crippen molar-refractivity contribution in [3.8, 4) is 0 Å². The lowest BCUT2D eigenvalue weighted by molar-refractivity contribution is -0.870. The van der Waals surface area contributed by atoms with E-state index in [1.165, 1.54) is 70.6 Å². The number of allylic oxidation sites excluding steroid dienone is 4. The number of phosphoric ester groups is 1. The number of quaternary nitrogens is 1. The summed E-state index contributed by atoms with van der Waals surface area (Å²) in [6.45, 7) is 4.14. The van der Waals surface area contributed by atoms with E-state index in [0.717, 1.165) is 70.6 Å². The number of esters is 2. The minimum Gasteiger partial charge on any atom is -0.756 e. The van der Waals surface area contributed by atoms with Crippen LogP contribution < -0.4 is 4.89 Å². The molecular weight excluding hydrogens is 665 g/mol. The van der Waals surface area contributed by atoms with Crippen molar-refractivity contribution >= 4 is 19.8 Å². The first kappa shape index (κ1) is 49.5. The third-order valence-corrected chi connectivity index (χ3v) is 9.64. The first-order chi connectivity index (χ1) is 24.5. The third kappa shape index (κ3) is 38.0. The Bertz CT molecular complexity index is 933. The van der Waals surface area contributed by atoms with E-state index in [1.54, 1.807) is 0 Å². The molecule has 0 aromatic rings. The number of carbonyl (C=O) groups is 2. The molecule has 0 aliphatic heterocycles. The topological polar surface area (TPSA) is 111 Å². The van der Waals surface area contributed by atoms with Crippen molar-refractivity contribution in [2.45, 2.75) is 180 Å². The molecule has 0 aromatic carbocycles. The first-order valence-electron chi connectivity index (χ1n) is 20.5. The van der Waals surface area contributed by atoms with E-state index in [-0.39, 0.29) is 26.1 Å². The van der Waals surface area contributed by atoms with E-state index in [1.807, 2.05) is 21.1 Å². The maximum atomic E-state index is 12.6. The predicted molar refractivity (Wildman–Crippen MR) is 208 cm³/mol. The largest absolute Gasteiger partial charge is 0.756 e. The van der Waals surface area contributed by atoms with Crippen LogP contribution in [0, 0.1) is 0 Å². The van der Waals surface area contributed by atoms with Gasteiger partial charge in [-0.15, -0.1) is 0 Å². The van der Waals surface area contributed by atoms with Crippen LogP contribution in [0.3, 0.4) is 0 Å². The molecule has 0 aliphatic carbocycles. The van der Waals surface area contributed by atoms with Crippen molar-refractivity contribution in [3.63, 3.8) is 0 Å². The van der Waals surface area contributed by atoms with E-state index < -0.39 is 32.5 Å². The second-order valence-electron chi connectivity index (χ2n) is 15.0. The van der Waals surface area contributed by atoms with Gasteiger partial charge in [0.15, 0.2) is 6.10 Å². The van der Waals surface area contributed by atoms with Gasteiger partial charge in [-0.1, -0.05) is 128 Å². The van der Waals surface area contributed by atoms with E-state index in [0.29, 0.717) is 17.4 Å². The van der Waals surface area contributed by atoms with Crippen molar-refractivity contribution < 1.29 is 42.1 Å². The quantitative estimate of drug-likeness (QED) is 0.0203. The molecule has 0 fully saturated rings. The predicted octanol–water partition coefficient (Wildman–Crippen LogP) is 10.6. The molecule has 0 saturated carbocycles. The molecule has 0 N–H and O–H groups in total. The van der Waals surface area contributed by atoms with Crippen molar-refractivity contribution in [3.05, 3.63) is 24.3 Å². The molecule has 0 amide bonds. The third-order valence-electron chi connectivity index (χ3n) is 8.67. The number of unbranched alkanes of at least 4 members (excludes halogenated alkanes) is 19. The molecule has 0 radical (unpaired) electrons. The first-order valence-corrected chi connectivity index (χ1v) is 22.0. The van der Waals surface area contributed by atoms with Crippen LogP contribution in [0.4, 0.5) is 0 Å². The van der Waals surface area contributed by atoms with Gasteiger partial charge in [0, 0.05) is 12.8 Å². The summed E-state index contributed by atoms with van der Waals surface area (Å²) in [5, 5.41) is 0. The van der Waals surface area contributed by atoms with Crippen molar-refractivity contribution in [1.29, 1.82) is 0 Å². The molecule has 10 heteroatoms. The molecule has 0 bridgehead atoms. The maximum Gasteiger partial charge on any atom is 0.306 e. The number of phosphoric acid groups is 1. The molecule has 300 valence electrons. The average Bonchev–Trinajstić information content (AvgIpc) is 3.07. The fourth-order valence-corrected chi connectivity index (χ4v) is 6.14. The summed E-state index contributed by atoms with van der Waals surface area (Å²) in [5.41, 5.74) is 0. The van der Waals surface area contributed by atoms with Crippen molar-refractivity contribution in [1.82, 2.24) is 0 Å². The van der Waals surface area contributed by atoms with Gasteiger partial charge in [0.1, 0.15) is 19.8 Å². The van der Waals surface area contributed by atoms with Crippen LogP contribution in [0.1, 0.15) is 174 Å². The Labute approximate surface area is 313 Å². The Morgan fingerprint density at radius 1 is 0.588 bits per heavy atom. The molecule has 2 atom stereocenters. The summed E-state index contributed by atoms with van der Waals surface area (Å²) in [6, 6.07) is 0. The number of hydrogen-bond acceptors (Lipinski definition) is 8. The van der Waals surface area contributed by atoms with Crippen molar-refractivity contribution in [2.75, 3.05) is 47.5 Å². The summed E-state index contributed by atoms with van der Waals surface area (Å²) in [4.78, 5) is 37.3.